The monoisotopic (exact) mass is 300 g/mol. The molecule has 0 bridgehead atoms. The van der Waals surface area contributed by atoms with Gasteiger partial charge in [-0.15, -0.1) is 0 Å². The summed E-state index contributed by atoms with van der Waals surface area (Å²) in [5.41, 5.74) is -0.197. The standard InChI is InChI=1S/C13H24N4O2S/c1-9-14-8-11(15-9)20(18,19)16-10-6-12(2,3)17-13(4,5)7-10/h8,10,16-17H,6-7H2,1-5H3,(H,14,15). The summed E-state index contributed by atoms with van der Waals surface area (Å²) in [4.78, 5) is 6.72. The second-order valence-electron chi connectivity index (χ2n) is 6.95. The van der Waals surface area contributed by atoms with Gasteiger partial charge in [-0.05, 0) is 47.5 Å². The van der Waals surface area contributed by atoms with Crippen LogP contribution < -0.4 is 10.0 Å². The molecule has 7 heteroatoms. The summed E-state index contributed by atoms with van der Waals surface area (Å²) in [6.07, 6.45) is 2.86. The van der Waals surface area contributed by atoms with Crippen molar-refractivity contribution < 1.29 is 8.42 Å². The van der Waals surface area contributed by atoms with Gasteiger partial charge in [0, 0.05) is 17.1 Å². The van der Waals surface area contributed by atoms with E-state index in [2.05, 4.69) is 47.7 Å². The molecule has 0 aliphatic carbocycles. The number of rotatable bonds is 3. The van der Waals surface area contributed by atoms with Crippen LogP contribution in [0, 0.1) is 6.92 Å². The lowest BCUT2D eigenvalue weighted by atomic mass is 9.80. The van der Waals surface area contributed by atoms with Crippen LogP contribution in [0.2, 0.25) is 0 Å². The molecule has 1 aromatic rings. The van der Waals surface area contributed by atoms with E-state index in [1.165, 1.54) is 6.20 Å². The second-order valence-corrected chi connectivity index (χ2v) is 8.63. The maximum Gasteiger partial charge on any atom is 0.257 e. The van der Waals surface area contributed by atoms with Gasteiger partial charge in [0.05, 0.1) is 6.20 Å². The normalized spacial score (nSPS) is 22.9. The number of imidazole rings is 1. The Morgan fingerprint density at radius 2 is 1.80 bits per heavy atom. The number of sulfonamides is 1. The van der Waals surface area contributed by atoms with Gasteiger partial charge in [-0.2, -0.15) is 0 Å². The van der Waals surface area contributed by atoms with E-state index in [9.17, 15) is 8.42 Å². The first-order valence-corrected chi connectivity index (χ1v) is 8.31. The number of nitrogens with one attached hydrogen (secondary N) is 3. The van der Waals surface area contributed by atoms with Crippen molar-refractivity contribution >= 4 is 10.0 Å². The first-order valence-electron chi connectivity index (χ1n) is 6.82. The topological polar surface area (TPSA) is 86.9 Å². The molecule has 2 rings (SSSR count). The predicted octanol–water partition coefficient (Wildman–Crippen LogP) is 1.31. The fourth-order valence-corrected chi connectivity index (χ4v) is 4.43. The fraction of sp³-hybridized carbons (Fsp3) is 0.769. The van der Waals surface area contributed by atoms with Gasteiger partial charge in [0.15, 0.2) is 5.03 Å². The summed E-state index contributed by atoms with van der Waals surface area (Å²) in [5, 5.41) is 3.67. The minimum absolute atomic E-state index is 0.0881. The van der Waals surface area contributed by atoms with Crippen LogP contribution in [-0.2, 0) is 10.0 Å². The van der Waals surface area contributed by atoms with Gasteiger partial charge in [-0.3, -0.25) is 0 Å². The fourth-order valence-electron chi connectivity index (χ4n) is 3.22. The van der Waals surface area contributed by atoms with Crippen molar-refractivity contribution in [1.82, 2.24) is 20.0 Å². The van der Waals surface area contributed by atoms with Crippen molar-refractivity contribution in [2.45, 2.75) is 69.6 Å². The van der Waals surface area contributed by atoms with Crippen LogP contribution in [0.15, 0.2) is 11.2 Å². The highest BCUT2D eigenvalue weighted by Crippen LogP contribution is 2.29. The van der Waals surface area contributed by atoms with Crippen LogP contribution in [0.5, 0.6) is 0 Å². The number of aromatic nitrogens is 2. The third kappa shape index (κ3) is 3.59. The van der Waals surface area contributed by atoms with E-state index < -0.39 is 10.0 Å². The Hall–Kier alpha value is -0.920. The molecule has 1 aliphatic rings. The molecule has 20 heavy (non-hydrogen) atoms. The number of hydrogen-bond donors (Lipinski definition) is 3. The second kappa shape index (κ2) is 4.82. The maximum absolute atomic E-state index is 12.3. The Bertz CT molecular complexity index is 573. The van der Waals surface area contributed by atoms with Crippen LogP contribution in [-0.4, -0.2) is 35.5 Å². The summed E-state index contributed by atoms with van der Waals surface area (Å²) in [6.45, 7) is 10.1. The van der Waals surface area contributed by atoms with Crippen molar-refractivity contribution in [3.63, 3.8) is 0 Å². The molecule has 114 valence electrons. The van der Waals surface area contributed by atoms with E-state index in [0.717, 1.165) is 12.8 Å². The summed E-state index contributed by atoms with van der Waals surface area (Å²) in [5.74, 6) is 0.594. The predicted molar refractivity (Wildman–Crippen MR) is 78.0 cm³/mol. The van der Waals surface area contributed by atoms with E-state index in [4.69, 9.17) is 0 Å². The maximum atomic E-state index is 12.3. The van der Waals surface area contributed by atoms with Crippen LogP contribution in [0.1, 0.15) is 46.4 Å². The van der Waals surface area contributed by atoms with Crippen LogP contribution in [0.4, 0.5) is 0 Å². The minimum atomic E-state index is -3.54. The number of H-pyrrole nitrogens is 1. The molecule has 0 unspecified atom stereocenters. The largest absolute Gasteiger partial charge is 0.332 e. The first-order chi connectivity index (χ1) is 8.99. The number of piperidine rings is 1. The third-order valence-corrected chi connectivity index (χ3v) is 4.91. The lowest BCUT2D eigenvalue weighted by Crippen LogP contribution is -2.62. The molecule has 0 saturated carbocycles. The lowest BCUT2D eigenvalue weighted by Gasteiger charge is -2.46. The molecule has 0 atom stereocenters. The molecule has 1 aliphatic heterocycles. The van der Waals surface area contributed by atoms with Gasteiger partial charge in [0.1, 0.15) is 5.82 Å². The van der Waals surface area contributed by atoms with Gasteiger partial charge in [-0.1, -0.05) is 0 Å². The van der Waals surface area contributed by atoms with Crippen molar-refractivity contribution in [3.05, 3.63) is 12.0 Å². The molecule has 1 fully saturated rings. The highest BCUT2D eigenvalue weighted by molar-refractivity contribution is 7.89. The van der Waals surface area contributed by atoms with Crippen LogP contribution >= 0.6 is 0 Å². The van der Waals surface area contributed by atoms with Crippen LogP contribution in [0.3, 0.4) is 0 Å². The average molecular weight is 300 g/mol. The SMILES string of the molecule is Cc1ncc(S(=O)(=O)NC2CC(C)(C)NC(C)(C)C2)[nH]1. The molecular weight excluding hydrogens is 276 g/mol. The molecule has 0 aromatic carbocycles. The average Bonchev–Trinajstić information content (AvgIpc) is 2.59. The number of nitrogens with zero attached hydrogens (tertiary/aromatic N) is 1. The Labute approximate surface area is 120 Å². The minimum Gasteiger partial charge on any atom is -0.332 e. The molecule has 0 spiro atoms. The van der Waals surface area contributed by atoms with Crippen molar-refractivity contribution in [2.75, 3.05) is 0 Å². The van der Waals surface area contributed by atoms with Gasteiger partial charge >= 0.3 is 0 Å². The van der Waals surface area contributed by atoms with Gasteiger partial charge in [0.25, 0.3) is 10.0 Å². The van der Waals surface area contributed by atoms with Crippen LogP contribution in [0.25, 0.3) is 0 Å². The molecule has 6 nitrogen and oxygen atoms in total. The lowest BCUT2D eigenvalue weighted by molar-refractivity contribution is 0.157. The summed E-state index contributed by atoms with van der Waals surface area (Å²) in [6, 6.07) is -0.0881. The Morgan fingerprint density at radius 3 is 2.25 bits per heavy atom. The first kappa shape index (κ1) is 15.5. The Kier molecular flexibility index (Phi) is 3.73. The molecule has 0 radical (unpaired) electrons. The third-order valence-electron chi connectivity index (χ3n) is 3.48. The number of hydrogen-bond acceptors (Lipinski definition) is 4. The van der Waals surface area contributed by atoms with Gasteiger partial charge < -0.3 is 10.3 Å². The zero-order chi connectivity index (χ0) is 15.2. The Balaban J connectivity index is 2.17. The summed E-state index contributed by atoms with van der Waals surface area (Å²) < 4.78 is 27.5. The summed E-state index contributed by atoms with van der Waals surface area (Å²) >= 11 is 0. The molecular formula is C13H24N4O2S. The van der Waals surface area contributed by atoms with E-state index in [-0.39, 0.29) is 22.1 Å². The number of aromatic amines is 1. The molecule has 2 heterocycles. The van der Waals surface area contributed by atoms with Gasteiger partial charge in [0.2, 0.25) is 0 Å². The highest BCUT2D eigenvalue weighted by atomic mass is 32.2. The molecule has 1 saturated heterocycles. The quantitative estimate of drug-likeness (QED) is 0.785. The van der Waals surface area contributed by atoms with Crippen molar-refractivity contribution in [1.29, 1.82) is 0 Å². The van der Waals surface area contributed by atoms with E-state index in [1.54, 1.807) is 6.92 Å². The molecule has 3 N–H and O–H groups in total. The van der Waals surface area contributed by atoms with E-state index in [0.29, 0.717) is 5.82 Å². The van der Waals surface area contributed by atoms with Crippen molar-refractivity contribution in [3.8, 4) is 0 Å². The van der Waals surface area contributed by atoms with E-state index in [1.807, 2.05) is 0 Å². The molecule has 1 aromatic heterocycles. The zero-order valence-corrected chi connectivity index (χ0v) is 13.6. The molecule has 0 amide bonds. The zero-order valence-electron chi connectivity index (χ0n) is 12.7. The number of aryl methyl sites for hydroxylation is 1. The van der Waals surface area contributed by atoms with E-state index >= 15 is 0 Å². The van der Waals surface area contributed by atoms with Gasteiger partial charge in [-0.25, -0.2) is 18.1 Å². The summed E-state index contributed by atoms with van der Waals surface area (Å²) in [7, 11) is -3.54. The highest BCUT2D eigenvalue weighted by Gasteiger charge is 2.39. The smallest absolute Gasteiger partial charge is 0.257 e. The Morgan fingerprint density at radius 1 is 1.25 bits per heavy atom. The van der Waals surface area contributed by atoms with Crippen molar-refractivity contribution in [2.24, 2.45) is 0 Å².